The summed E-state index contributed by atoms with van der Waals surface area (Å²) >= 11 is 5.89. The average Bonchev–Trinajstić information content (AvgIpc) is 3.46. The van der Waals surface area contributed by atoms with E-state index in [0.717, 1.165) is 47.9 Å². The summed E-state index contributed by atoms with van der Waals surface area (Å²) < 4.78 is 21.9. The average molecular weight is 475 g/mol. The summed E-state index contributed by atoms with van der Waals surface area (Å²) in [6.07, 6.45) is 2.18. The van der Waals surface area contributed by atoms with Gasteiger partial charge in [0.15, 0.2) is 16.6 Å². The van der Waals surface area contributed by atoms with Crippen LogP contribution < -0.4 is 24.3 Å². The second-order valence-electron chi connectivity index (χ2n) is 8.84. The number of benzene rings is 3. The Balaban J connectivity index is 1.28. The van der Waals surface area contributed by atoms with Crippen LogP contribution in [-0.4, -0.2) is 37.6 Å². The van der Waals surface area contributed by atoms with Gasteiger partial charge in [0.25, 0.3) is 0 Å². The van der Waals surface area contributed by atoms with Crippen molar-refractivity contribution in [3.8, 4) is 34.1 Å². The number of ether oxygens (including phenoxy) is 4. The zero-order valence-corrected chi connectivity index (χ0v) is 20.0. The van der Waals surface area contributed by atoms with Crippen LogP contribution >= 0.6 is 12.2 Å². The molecule has 2 bridgehead atoms. The summed E-state index contributed by atoms with van der Waals surface area (Å²) in [5.41, 5.74) is 5.96. The van der Waals surface area contributed by atoms with Gasteiger partial charge in [0.05, 0.1) is 25.9 Å². The van der Waals surface area contributed by atoms with E-state index >= 15 is 0 Å². The van der Waals surface area contributed by atoms with E-state index in [4.69, 9.17) is 31.2 Å². The molecule has 3 aliphatic rings. The minimum Gasteiger partial charge on any atom is -0.497 e. The Hall–Kier alpha value is -3.45. The van der Waals surface area contributed by atoms with Crippen LogP contribution in [-0.2, 0) is 0 Å². The van der Waals surface area contributed by atoms with E-state index in [-0.39, 0.29) is 12.8 Å². The van der Waals surface area contributed by atoms with Crippen molar-refractivity contribution < 1.29 is 18.9 Å². The molecule has 0 radical (unpaired) electrons. The third-order valence-corrected chi connectivity index (χ3v) is 7.44. The molecule has 6 nitrogen and oxygen atoms in total. The highest BCUT2D eigenvalue weighted by molar-refractivity contribution is 7.80. The summed E-state index contributed by atoms with van der Waals surface area (Å²) in [6, 6.07) is 18.9. The van der Waals surface area contributed by atoms with E-state index in [1.807, 2.05) is 24.3 Å². The zero-order valence-electron chi connectivity index (χ0n) is 19.2. The molecule has 6 rings (SSSR count). The molecule has 0 saturated carbocycles. The molecule has 1 fully saturated rings. The molecule has 2 heterocycles. The first kappa shape index (κ1) is 21.1. The predicted octanol–water partition coefficient (Wildman–Crippen LogP) is 5.73. The summed E-state index contributed by atoms with van der Waals surface area (Å²) in [7, 11) is 3.30. The molecule has 2 aliphatic heterocycles. The molecule has 0 unspecified atom stereocenters. The number of nitrogens with one attached hydrogen (secondary N) is 1. The van der Waals surface area contributed by atoms with Gasteiger partial charge < -0.3 is 29.2 Å². The second-order valence-corrected chi connectivity index (χ2v) is 9.23. The normalized spacial score (nSPS) is 19.5. The van der Waals surface area contributed by atoms with Crippen molar-refractivity contribution in [2.75, 3.05) is 32.9 Å². The lowest BCUT2D eigenvalue weighted by Crippen LogP contribution is -2.40. The fraction of sp³-hybridized carbons (Fsp3) is 0.296. The van der Waals surface area contributed by atoms with Gasteiger partial charge in [-0.15, -0.1) is 0 Å². The van der Waals surface area contributed by atoms with Crippen LogP contribution in [0.25, 0.3) is 11.1 Å². The molecule has 1 N–H and O–H groups in total. The van der Waals surface area contributed by atoms with Crippen LogP contribution in [0.5, 0.6) is 23.0 Å². The minimum absolute atomic E-state index is 0.256. The highest BCUT2D eigenvalue weighted by Gasteiger charge is 2.40. The highest BCUT2D eigenvalue weighted by atomic mass is 32.1. The Morgan fingerprint density at radius 1 is 0.941 bits per heavy atom. The van der Waals surface area contributed by atoms with Crippen molar-refractivity contribution in [3.63, 3.8) is 0 Å². The Labute approximate surface area is 204 Å². The van der Waals surface area contributed by atoms with Gasteiger partial charge in [0.2, 0.25) is 6.79 Å². The minimum atomic E-state index is 0.256. The fourth-order valence-electron chi connectivity index (χ4n) is 5.37. The molecule has 34 heavy (non-hydrogen) atoms. The second kappa shape index (κ2) is 8.40. The topological polar surface area (TPSA) is 52.2 Å². The predicted molar refractivity (Wildman–Crippen MR) is 135 cm³/mol. The highest BCUT2D eigenvalue weighted by Crippen LogP contribution is 2.50. The zero-order chi connectivity index (χ0) is 23.2. The number of rotatable bonds is 4. The molecular weight excluding hydrogens is 448 g/mol. The van der Waals surface area contributed by atoms with Gasteiger partial charge >= 0.3 is 0 Å². The van der Waals surface area contributed by atoms with Crippen molar-refractivity contribution in [1.82, 2.24) is 4.90 Å². The number of thiocarbonyl (C=S) groups is 1. The summed E-state index contributed by atoms with van der Waals surface area (Å²) in [6.45, 7) is 1.21. The van der Waals surface area contributed by atoms with Crippen molar-refractivity contribution in [1.29, 1.82) is 0 Å². The number of anilines is 1. The van der Waals surface area contributed by atoms with Gasteiger partial charge in [0.1, 0.15) is 11.5 Å². The lowest BCUT2D eigenvalue weighted by molar-refractivity contribution is 0.174. The number of piperidine rings is 1. The standard InChI is InChI=1S/C27H26N2O4S/c1-30-19-5-7-22(25(14-19)31-2)28-27(34)29-10-9-18-12-23(29)21-11-16(3-6-20(18)21)17-4-8-24-26(13-17)33-15-32-24/h3-8,11,13-14,18,23H,9-10,12,15H2,1-2H3,(H,28,34)/t18-,23-/m1/s1. The number of methoxy groups -OCH3 is 2. The Bertz CT molecular complexity index is 1280. The summed E-state index contributed by atoms with van der Waals surface area (Å²) in [4.78, 5) is 2.32. The van der Waals surface area contributed by atoms with Gasteiger partial charge in [-0.05, 0) is 83.6 Å². The first-order valence-corrected chi connectivity index (χ1v) is 11.9. The van der Waals surface area contributed by atoms with Gasteiger partial charge in [-0.1, -0.05) is 18.2 Å². The van der Waals surface area contributed by atoms with Gasteiger partial charge in [-0.2, -0.15) is 0 Å². The summed E-state index contributed by atoms with van der Waals surface area (Å²) in [5, 5.41) is 4.13. The molecule has 1 aliphatic carbocycles. The van der Waals surface area contributed by atoms with Gasteiger partial charge in [-0.3, -0.25) is 0 Å². The molecule has 3 aromatic rings. The molecule has 3 aromatic carbocycles. The SMILES string of the molecule is COc1ccc(NC(=S)N2CC[C@@H]3C[C@@H]2c2cc(-c4ccc5c(c4)OCO5)ccc23)c(OC)c1. The van der Waals surface area contributed by atoms with Crippen LogP contribution in [0.2, 0.25) is 0 Å². The fourth-order valence-corrected chi connectivity index (χ4v) is 5.69. The van der Waals surface area contributed by atoms with E-state index in [1.165, 1.54) is 16.7 Å². The largest absolute Gasteiger partial charge is 0.497 e. The number of likely N-dealkylation sites (tertiary alicyclic amines) is 1. The molecular formula is C27H26N2O4S. The van der Waals surface area contributed by atoms with Crippen LogP contribution in [0.4, 0.5) is 5.69 Å². The van der Waals surface area contributed by atoms with Crippen molar-refractivity contribution in [2.24, 2.45) is 0 Å². The lowest BCUT2D eigenvalue weighted by atomic mass is 9.95. The maximum Gasteiger partial charge on any atom is 0.231 e. The molecule has 0 spiro atoms. The number of hydrogen-bond acceptors (Lipinski definition) is 5. The molecule has 7 heteroatoms. The third kappa shape index (κ3) is 3.51. The maximum atomic E-state index is 5.89. The van der Waals surface area contributed by atoms with Crippen LogP contribution in [0.3, 0.4) is 0 Å². The third-order valence-electron chi connectivity index (χ3n) is 7.11. The van der Waals surface area contributed by atoms with Crippen LogP contribution in [0.15, 0.2) is 54.6 Å². The Kier molecular flexibility index (Phi) is 5.21. The van der Waals surface area contributed by atoms with Crippen molar-refractivity contribution in [3.05, 3.63) is 65.7 Å². The molecule has 1 saturated heterocycles. The van der Waals surface area contributed by atoms with Crippen molar-refractivity contribution in [2.45, 2.75) is 24.8 Å². The van der Waals surface area contributed by atoms with E-state index in [1.54, 1.807) is 14.2 Å². The maximum absolute atomic E-state index is 5.89. The first-order valence-electron chi connectivity index (χ1n) is 11.5. The van der Waals surface area contributed by atoms with E-state index in [9.17, 15) is 0 Å². The van der Waals surface area contributed by atoms with E-state index in [2.05, 4.69) is 40.5 Å². The van der Waals surface area contributed by atoms with Crippen LogP contribution in [0.1, 0.15) is 35.9 Å². The van der Waals surface area contributed by atoms with Gasteiger partial charge in [0, 0.05) is 12.6 Å². The smallest absolute Gasteiger partial charge is 0.231 e. The van der Waals surface area contributed by atoms with Crippen molar-refractivity contribution >= 4 is 23.0 Å². The number of fused-ring (bicyclic) bond motifs is 6. The number of nitrogens with zero attached hydrogens (tertiary/aromatic N) is 1. The van der Waals surface area contributed by atoms with Gasteiger partial charge in [-0.25, -0.2) is 0 Å². The lowest BCUT2D eigenvalue weighted by Gasteiger charge is -2.36. The quantitative estimate of drug-likeness (QED) is 0.485. The van der Waals surface area contributed by atoms with E-state index < -0.39 is 0 Å². The van der Waals surface area contributed by atoms with Crippen LogP contribution in [0, 0.1) is 0 Å². The Morgan fingerprint density at radius 3 is 2.62 bits per heavy atom. The molecule has 0 aromatic heterocycles. The number of hydrogen-bond donors (Lipinski definition) is 1. The van der Waals surface area contributed by atoms with E-state index in [0.29, 0.717) is 16.8 Å². The monoisotopic (exact) mass is 474 g/mol. The first-order chi connectivity index (χ1) is 16.6. The molecule has 0 amide bonds. The summed E-state index contributed by atoms with van der Waals surface area (Å²) in [5.74, 6) is 3.64. The Morgan fingerprint density at radius 2 is 1.76 bits per heavy atom. The molecule has 2 atom stereocenters. The molecule has 174 valence electrons.